The van der Waals surface area contributed by atoms with Gasteiger partial charge in [0, 0.05) is 20.1 Å². The molecular formula is C20H21N3O3S. The zero-order valence-corrected chi connectivity index (χ0v) is 15.9. The lowest BCUT2D eigenvalue weighted by Crippen LogP contribution is -2.52. The van der Waals surface area contributed by atoms with Crippen LogP contribution in [-0.2, 0) is 20.4 Å². The largest absolute Gasteiger partial charge is 0.339 e. The van der Waals surface area contributed by atoms with Gasteiger partial charge in [0.1, 0.15) is 0 Å². The molecule has 2 aromatic carbocycles. The monoisotopic (exact) mass is 383 g/mol. The number of carbonyl (C=O) groups excluding carboxylic acids is 2. The second kappa shape index (κ2) is 7.15. The summed E-state index contributed by atoms with van der Waals surface area (Å²) in [6, 6.07) is 15.4. The fourth-order valence-corrected chi connectivity index (χ4v) is 4.93. The van der Waals surface area contributed by atoms with Crippen molar-refractivity contribution in [1.82, 2.24) is 9.80 Å². The number of carbonyl (C=O) groups is 2. The highest BCUT2D eigenvalue weighted by Gasteiger charge is 2.29. The molecule has 2 aromatic rings. The van der Waals surface area contributed by atoms with E-state index in [0.29, 0.717) is 13.1 Å². The molecule has 27 heavy (non-hydrogen) atoms. The molecule has 140 valence electrons. The normalized spacial score (nSPS) is 17.1. The predicted octanol–water partition coefficient (Wildman–Crippen LogP) is 2.00. The van der Waals surface area contributed by atoms with Crippen molar-refractivity contribution >= 4 is 34.0 Å². The summed E-state index contributed by atoms with van der Waals surface area (Å²) < 4.78 is 12.9. The number of likely N-dealkylation sites (N-methyl/N-ethyl adjacent to an activating group) is 1. The summed E-state index contributed by atoms with van der Waals surface area (Å²) in [6.45, 7) is 1.50. The Hall–Kier alpha value is -2.67. The molecule has 0 saturated carbocycles. The van der Waals surface area contributed by atoms with Crippen molar-refractivity contribution in [3.8, 4) is 0 Å². The smallest absolute Gasteiger partial charge is 0.242 e. The van der Waals surface area contributed by atoms with Crippen LogP contribution in [0.1, 0.15) is 6.42 Å². The Morgan fingerprint density at radius 2 is 1.44 bits per heavy atom. The number of amides is 2. The average molecular weight is 383 g/mol. The first kappa shape index (κ1) is 17.7. The van der Waals surface area contributed by atoms with Gasteiger partial charge < -0.3 is 14.7 Å². The van der Waals surface area contributed by atoms with E-state index in [0.717, 1.165) is 27.6 Å². The molecule has 0 bridgehead atoms. The van der Waals surface area contributed by atoms with Crippen molar-refractivity contribution < 1.29 is 13.8 Å². The van der Waals surface area contributed by atoms with Gasteiger partial charge in [-0.2, -0.15) is 0 Å². The minimum atomic E-state index is -1.19. The molecule has 2 amide bonds. The molecule has 4 rings (SSSR count). The molecule has 2 aliphatic rings. The number of piperazine rings is 1. The zero-order chi connectivity index (χ0) is 19.0. The van der Waals surface area contributed by atoms with Crippen molar-refractivity contribution in [3.63, 3.8) is 0 Å². The third-order valence-electron chi connectivity index (χ3n) is 5.00. The number of nitrogens with zero attached hydrogens (tertiary/aromatic N) is 3. The zero-order valence-electron chi connectivity index (χ0n) is 15.1. The summed E-state index contributed by atoms with van der Waals surface area (Å²) in [6.07, 6.45) is 0.720. The minimum absolute atomic E-state index is 0.0161. The van der Waals surface area contributed by atoms with Crippen LogP contribution in [0.2, 0.25) is 0 Å². The summed E-state index contributed by atoms with van der Waals surface area (Å²) in [5, 5.41) is 0. The van der Waals surface area contributed by atoms with Gasteiger partial charge in [0.2, 0.25) is 11.8 Å². The van der Waals surface area contributed by atoms with Gasteiger partial charge >= 0.3 is 0 Å². The van der Waals surface area contributed by atoms with E-state index in [1.807, 2.05) is 48.5 Å². The molecule has 1 saturated heterocycles. The van der Waals surface area contributed by atoms with Gasteiger partial charge in [-0.05, 0) is 30.7 Å². The van der Waals surface area contributed by atoms with Gasteiger partial charge in [0.15, 0.2) is 0 Å². The molecule has 0 radical (unpaired) electrons. The van der Waals surface area contributed by atoms with Crippen molar-refractivity contribution in [2.24, 2.45) is 0 Å². The number of para-hydroxylation sites is 2. The first-order valence-corrected chi connectivity index (χ1v) is 10.1. The lowest BCUT2D eigenvalue weighted by atomic mass is 10.2. The maximum atomic E-state index is 12.9. The Kier molecular flexibility index (Phi) is 4.70. The molecule has 7 heteroatoms. The summed E-state index contributed by atoms with van der Waals surface area (Å²) in [5.74, 6) is -0.0451. The Labute approximate surface area is 160 Å². The van der Waals surface area contributed by atoms with Crippen molar-refractivity contribution in [1.29, 1.82) is 0 Å². The van der Waals surface area contributed by atoms with E-state index in [1.165, 1.54) is 4.90 Å². The van der Waals surface area contributed by atoms with Crippen LogP contribution in [0.3, 0.4) is 0 Å². The SMILES string of the molecule is CN1CC(=O)N(CCCN2c3ccccc3S(=O)c3ccccc32)CC1=O. The van der Waals surface area contributed by atoms with E-state index in [-0.39, 0.29) is 24.9 Å². The second-order valence-electron chi connectivity index (χ2n) is 6.77. The van der Waals surface area contributed by atoms with E-state index in [4.69, 9.17) is 0 Å². The van der Waals surface area contributed by atoms with E-state index in [1.54, 1.807) is 11.9 Å². The van der Waals surface area contributed by atoms with E-state index < -0.39 is 10.8 Å². The fraction of sp³-hybridized carbons (Fsp3) is 0.300. The molecular weight excluding hydrogens is 362 g/mol. The summed E-state index contributed by atoms with van der Waals surface area (Å²) in [5.41, 5.74) is 1.88. The number of fused-ring (bicyclic) bond motifs is 2. The number of anilines is 2. The van der Waals surface area contributed by atoms with Crippen LogP contribution < -0.4 is 4.90 Å². The highest BCUT2D eigenvalue weighted by atomic mass is 32.2. The van der Waals surface area contributed by atoms with Crippen LogP contribution in [0.15, 0.2) is 58.3 Å². The molecule has 1 fully saturated rings. The van der Waals surface area contributed by atoms with E-state index in [9.17, 15) is 13.8 Å². The maximum absolute atomic E-state index is 12.9. The number of hydrogen-bond donors (Lipinski definition) is 0. The lowest BCUT2D eigenvalue weighted by Gasteiger charge is -2.34. The van der Waals surface area contributed by atoms with Gasteiger partial charge in [-0.3, -0.25) is 9.59 Å². The first-order valence-electron chi connectivity index (χ1n) is 8.95. The highest BCUT2D eigenvalue weighted by molar-refractivity contribution is 7.85. The fourth-order valence-electron chi connectivity index (χ4n) is 3.55. The molecule has 0 atom stereocenters. The molecule has 0 spiro atoms. The quantitative estimate of drug-likeness (QED) is 0.810. The van der Waals surface area contributed by atoms with Crippen molar-refractivity contribution in [3.05, 3.63) is 48.5 Å². The topological polar surface area (TPSA) is 60.9 Å². The van der Waals surface area contributed by atoms with Crippen LogP contribution in [0, 0.1) is 0 Å². The lowest BCUT2D eigenvalue weighted by molar-refractivity contribution is -0.148. The van der Waals surface area contributed by atoms with Crippen LogP contribution in [0.25, 0.3) is 0 Å². The minimum Gasteiger partial charge on any atom is -0.339 e. The third kappa shape index (κ3) is 3.23. The van der Waals surface area contributed by atoms with Crippen molar-refractivity contribution in [2.45, 2.75) is 16.2 Å². The average Bonchev–Trinajstić information content (AvgIpc) is 2.68. The number of rotatable bonds is 4. The molecule has 2 heterocycles. The van der Waals surface area contributed by atoms with Crippen LogP contribution >= 0.6 is 0 Å². The molecule has 6 nitrogen and oxygen atoms in total. The highest BCUT2D eigenvalue weighted by Crippen LogP contribution is 2.41. The van der Waals surface area contributed by atoms with Gasteiger partial charge in [-0.1, -0.05) is 24.3 Å². The maximum Gasteiger partial charge on any atom is 0.242 e. The van der Waals surface area contributed by atoms with Crippen LogP contribution in [0.4, 0.5) is 11.4 Å². The van der Waals surface area contributed by atoms with Gasteiger partial charge in [-0.25, -0.2) is 4.21 Å². The molecule has 2 aliphatic heterocycles. The Morgan fingerprint density at radius 3 is 2.07 bits per heavy atom. The molecule has 0 aliphatic carbocycles. The Morgan fingerprint density at radius 1 is 0.852 bits per heavy atom. The first-order chi connectivity index (χ1) is 13.1. The third-order valence-corrected chi connectivity index (χ3v) is 6.49. The Balaban J connectivity index is 1.53. The summed E-state index contributed by atoms with van der Waals surface area (Å²) in [7, 11) is 0.461. The second-order valence-corrected chi connectivity index (χ2v) is 8.19. The molecule has 0 unspecified atom stereocenters. The molecule has 0 aromatic heterocycles. The van der Waals surface area contributed by atoms with Crippen LogP contribution in [-0.4, -0.2) is 59.0 Å². The van der Waals surface area contributed by atoms with E-state index in [2.05, 4.69) is 4.90 Å². The number of hydrogen-bond acceptors (Lipinski definition) is 4. The summed E-state index contributed by atoms with van der Waals surface area (Å²) in [4.78, 5) is 30.9. The van der Waals surface area contributed by atoms with Crippen LogP contribution in [0.5, 0.6) is 0 Å². The summed E-state index contributed by atoms with van der Waals surface area (Å²) >= 11 is 0. The van der Waals surface area contributed by atoms with E-state index >= 15 is 0 Å². The number of benzene rings is 2. The van der Waals surface area contributed by atoms with Gasteiger partial charge in [0.25, 0.3) is 0 Å². The standard InChI is InChI=1S/C20H21N3O3S/c1-21-13-20(25)22(14-19(21)24)11-6-12-23-15-7-2-4-9-17(15)27(26)18-10-5-3-8-16(18)23/h2-5,7-10H,6,11-14H2,1H3. The predicted molar refractivity (Wildman–Crippen MR) is 103 cm³/mol. The Bertz CT molecular complexity index is 881. The van der Waals surface area contributed by atoms with Crippen molar-refractivity contribution in [2.75, 3.05) is 38.1 Å². The van der Waals surface area contributed by atoms with Gasteiger partial charge in [-0.15, -0.1) is 0 Å². The van der Waals surface area contributed by atoms with Gasteiger partial charge in [0.05, 0.1) is 45.1 Å². The molecule has 0 N–H and O–H groups in total.